The first-order chi connectivity index (χ1) is 15.8. The lowest BCUT2D eigenvalue weighted by Gasteiger charge is -2.04. The summed E-state index contributed by atoms with van der Waals surface area (Å²) in [5.74, 6) is -0.650. The molecule has 0 heterocycles. The molecule has 0 aromatic heterocycles. The summed E-state index contributed by atoms with van der Waals surface area (Å²) < 4.78 is 31.6. The predicted molar refractivity (Wildman–Crippen MR) is 138 cm³/mol. The molecule has 33 heavy (non-hydrogen) atoms. The molecule has 0 rings (SSSR count). The third-order valence-corrected chi connectivity index (χ3v) is 5.99. The van der Waals surface area contributed by atoms with Crippen LogP contribution in [0.3, 0.4) is 0 Å². The molecule has 0 unspecified atom stereocenters. The zero-order valence-electron chi connectivity index (χ0n) is 21.4. The van der Waals surface area contributed by atoms with Crippen molar-refractivity contribution in [3.05, 3.63) is 0 Å². The fraction of sp³-hybridized carbons (Fsp3) is 0.962. The van der Waals surface area contributed by atoms with Gasteiger partial charge >= 0.3 is 16.4 Å². The van der Waals surface area contributed by atoms with Gasteiger partial charge in [-0.25, -0.2) is 0 Å². The number of carboxylic acid groups (broad SMARTS) is 1. The Morgan fingerprint density at radius 2 is 0.667 bits per heavy atom. The molecule has 0 radical (unpaired) electrons. The fourth-order valence-corrected chi connectivity index (χ4v) is 4.06. The number of aliphatic carboxylic acids is 1. The first-order valence-electron chi connectivity index (χ1n) is 13.7. The highest BCUT2D eigenvalue weighted by Crippen LogP contribution is 2.15. The van der Waals surface area contributed by atoms with Crippen molar-refractivity contribution >= 4 is 16.4 Å². The minimum absolute atomic E-state index is 0.346. The maximum atomic E-state index is 10.4. The van der Waals surface area contributed by atoms with Gasteiger partial charge in [0.15, 0.2) is 0 Å². The third kappa shape index (κ3) is 45.5. The van der Waals surface area contributed by atoms with Gasteiger partial charge in [-0.3, -0.25) is 13.9 Å². The fourth-order valence-electron chi connectivity index (χ4n) is 4.06. The average Bonchev–Trinajstić information content (AvgIpc) is 2.73. The van der Waals surface area contributed by atoms with Crippen molar-refractivity contribution in [2.75, 3.05) is 0 Å². The first-order valence-corrected chi connectivity index (χ1v) is 15.1. The number of hydrogen-bond donors (Lipinski definition) is 3. The van der Waals surface area contributed by atoms with Crippen LogP contribution in [0.5, 0.6) is 0 Å². The normalized spacial score (nSPS) is 11.2. The Hall–Kier alpha value is -0.660. The SMILES string of the molecule is CCCCCCCCCCCCCCCCCCCCCCCCCC(=O)O.O=S(=O)(O)O. The number of carboxylic acids is 1. The summed E-state index contributed by atoms with van der Waals surface area (Å²) in [6.45, 7) is 2.29. The van der Waals surface area contributed by atoms with Gasteiger partial charge in [0.25, 0.3) is 0 Å². The Kier molecular flexibility index (Phi) is 28.8. The van der Waals surface area contributed by atoms with E-state index in [0.29, 0.717) is 6.42 Å². The van der Waals surface area contributed by atoms with Crippen molar-refractivity contribution < 1.29 is 27.4 Å². The predicted octanol–water partition coefficient (Wildman–Crippen LogP) is 8.80. The van der Waals surface area contributed by atoms with E-state index in [0.717, 1.165) is 12.8 Å². The van der Waals surface area contributed by atoms with Gasteiger partial charge < -0.3 is 5.11 Å². The van der Waals surface area contributed by atoms with E-state index in [2.05, 4.69) is 6.92 Å². The minimum atomic E-state index is -4.67. The van der Waals surface area contributed by atoms with Crippen LogP contribution < -0.4 is 0 Å². The van der Waals surface area contributed by atoms with Crippen LogP contribution in [0.25, 0.3) is 0 Å². The van der Waals surface area contributed by atoms with Crippen molar-refractivity contribution in [3.63, 3.8) is 0 Å². The molecule has 0 aliphatic carbocycles. The van der Waals surface area contributed by atoms with Crippen LogP contribution in [0.1, 0.15) is 161 Å². The second-order valence-electron chi connectivity index (χ2n) is 9.37. The lowest BCUT2D eigenvalue weighted by Crippen LogP contribution is -1.93. The van der Waals surface area contributed by atoms with Crippen LogP contribution in [0.4, 0.5) is 0 Å². The van der Waals surface area contributed by atoms with E-state index in [9.17, 15) is 4.79 Å². The van der Waals surface area contributed by atoms with Gasteiger partial charge in [0.05, 0.1) is 0 Å². The van der Waals surface area contributed by atoms with Gasteiger partial charge in [-0.1, -0.05) is 148 Å². The van der Waals surface area contributed by atoms with Gasteiger partial charge in [0.2, 0.25) is 0 Å². The van der Waals surface area contributed by atoms with E-state index in [1.54, 1.807) is 0 Å². The van der Waals surface area contributed by atoms with Gasteiger partial charge in [0, 0.05) is 6.42 Å². The molecule has 0 fully saturated rings. The molecule has 0 bridgehead atoms. The van der Waals surface area contributed by atoms with Gasteiger partial charge in [0.1, 0.15) is 0 Å². The molecule has 0 spiro atoms. The summed E-state index contributed by atoms with van der Waals surface area (Å²) >= 11 is 0. The molecule has 0 amide bonds. The average molecular weight is 495 g/mol. The van der Waals surface area contributed by atoms with Crippen molar-refractivity contribution in [1.29, 1.82) is 0 Å². The topological polar surface area (TPSA) is 112 Å². The molecule has 7 heteroatoms. The molecule has 0 aromatic rings. The van der Waals surface area contributed by atoms with Crippen LogP contribution in [-0.4, -0.2) is 28.6 Å². The van der Waals surface area contributed by atoms with Crippen molar-refractivity contribution in [3.8, 4) is 0 Å². The Labute approximate surface area is 204 Å². The van der Waals surface area contributed by atoms with Gasteiger partial charge in [-0.2, -0.15) is 8.42 Å². The van der Waals surface area contributed by atoms with E-state index >= 15 is 0 Å². The number of hydrogen-bond acceptors (Lipinski definition) is 3. The lowest BCUT2D eigenvalue weighted by molar-refractivity contribution is -0.137. The van der Waals surface area contributed by atoms with Gasteiger partial charge in [-0.15, -0.1) is 0 Å². The molecule has 0 aliphatic rings. The Morgan fingerprint density at radius 3 is 0.848 bits per heavy atom. The number of carbonyl (C=O) groups is 1. The maximum absolute atomic E-state index is 10.4. The molecule has 0 aliphatic heterocycles. The monoisotopic (exact) mass is 494 g/mol. The summed E-state index contributed by atoms with van der Waals surface area (Å²) in [5.41, 5.74) is 0. The molecular formula is C26H54O6S. The summed E-state index contributed by atoms with van der Waals surface area (Å²) in [6.07, 6.45) is 32.0. The zero-order chi connectivity index (χ0) is 25.0. The summed E-state index contributed by atoms with van der Waals surface area (Å²) in [5, 5.41) is 8.59. The minimum Gasteiger partial charge on any atom is -0.481 e. The zero-order valence-corrected chi connectivity index (χ0v) is 22.3. The lowest BCUT2D eigenvalue weighted by atomic mass is 10.0. The molecule has 6 nitrogen and oxygen atoms in total. The Morgan fingerprint density at radius 1 is 0.485 bits per heavy atom. The standard InChI is InChI=1S/C26H52O2.H2O4S/c1-2-3-4-5-6-7-8-9-10-11-12-13-14-15-16-17-18-19-20-21-22-23-24-25-26(27)28;1-5(2,3)4/h2-25H2,1H3,(H,27,28);(H2,1,2,3,4). The van der Waals surface area contributed by atoms with Crippen LogP contribution in [0, 0.1) is 0 Å². The van der Waals surface area contributed by atoms with E-state index in [1.165, 1.54) is 135 Å². The third-order valence-electron chi connectivity index (χ3n) is 5.99. The Bertz CT molecular complexity index is 485. The summed E-state index contributed by atoms with van der Waals surface area (Å²) in [6, 6.07) is 0. The van der Waals surface area contributed by atoms with Crippen LogP contribution in [0.2, 0.25) is 0 Å². The van der Waals surface area contributed by atoms with Crippen LogP contribution in [0.15, 0.2) is 0 Å². The second kappa shape index (κ2) is 27.6. The van der Waals surface area contributed by atoms with Gasteiger partial charge in [-0.05, 0) is 6.42 Å². The molecule has 0 atom stereocenters. The number of unbranched alkanes of at least 4 members (excludes halogenated alkanes) is 22. The summed E-state index contributed by atoms with van der Waals surface area (Å²) in [4.78, 5) is 10.4. The molecular weight excluding hydrogens is 440 g/mol. The second-order valence-corrected chi connectivity index (χ2v) is 10.3. The molecule has 3 N–H and O–H groups in total. The quantitative estimate of drug-likeness (QED) is 0.0912. The van der Waals surface area contributed by atoms with E-state index in [4.69, 9.17) is 22.6 Å². The van der Waals surface area contributed by atoms with Crippen LogP contribution in [-0.2, 0) is 15.2 Å². The first kappa shape index (κ1) is 34.5. The molecule has 200 valence electrons. The molecule has 0 saturated heterocycles. The van der Waals surface area contributed by atoms with E-state index in [1.807, 2.05) is 0 Å². The highest BCUT2D eigenvalue weighted by atomic mass is 32.3. The highest BCUT2D eigenvalue weighted by Gasteiger charge is 1.97. The van der Waals surface area contributed by atoms with Crippen molar-refractivity contribution in [1.82, 2.24) is 0 Å². The Balaban J connectivity index is 0. The van der Waals surface area contributed by atoms with E-state index < -0.39 is 16.4 Å². The largest absolute Gasteiger partial charge is 0.481 e. The maximum Gasteiger partial charge on any atom is 0.394 e. The smallest absolute Gasteiger partial charge is 0.394 e. The molecule has 0 saturated carbocycles. The van der Waals surface area contributed by atoms with Crippen molar-refractivity contribution in [2.24, 2.45) is 0 Å². The molecule has 0 aromatic carbocycles. The number of rotatable bonds is 24. The van der Waals surface area contributed by atoms with Crippen molar-refractivity contribution in [2.45, 2.75) is 161 Å². The summed E-state index contributed by atoms with van der Waals surface area (Å²) in [7, 11) is -4.67. The van der Waals surface area contributed by atoms with Crippen LogP contribution >= 0.6 is 0 Å². The highest BCUT2D eigenvalue weighted by molar-refractivity contribution is 7.79. The van der Waals surface area contributed by atoms with E-state index in [-0.39, 0.29) is 0 Å².